The molecule has 0 spiro atoms. The van der Waals surface area contributed by atoms with Gasteiger partial charge >= 0.3 is 0 Å². The van der Waals surface area contributed by atoms with Crippen LogP contribution in [0.2, 0.25) is 0 Å². The molecule has 13 heavy (non-hydrogen) atoms. The first-order valence-electron chi connectivity index (χ1n) is 3.87. The van der Waals surface area contributed by atoms with Gasteiger partial charge in [0, 0.05) is 9.79 Å². The van der Waals surface area contributed by atoms with Gasteiger partial charge in [-0.15, -0.1) is 25.3 Å². The molecule has 0 bridgehead atoms. The van der Waals surface area contributed by atoms with Gasteiger partial charge in [0.1, 0.15) is 0 Å². The molecule has 66 valence electrons. The van der Waals surface area contributed by atoms with Gasteiger partial charge in [0.25, 0.3) is 0 Å². The van der Waals surface area contributed by atoms with Crippen molar-refractivity contribution in [1.29, 1.82) is 0 Å². The van der Waals surface area contributed by atoms with Gasteiger partial charge in [-0.1, -0.05) is 0 Å². The average Bonchev–Trinajstić information content (AvgIpc) is 2.61. The molecule has 2 radical (unpaired) electrons. The first-order valence-corrected chi connectivity index (χ1v) is 4.76. The van der Waals surface area contributed by atoms with Gasteiger partial charge in [0.15, 0.2) is 0 Å². The molecule has 0 saturated heterocycles. The van der Waals surface area contributed by atoms with Crippen molar-refractivity contribution in [2.24, 2.45) is 0 Å². The molecule has 1 heterocycles. The van der Waals surface area contributed by atoms with E-state index in [1.165, 1.54) is 0 Å². The Kier molecular flexibility index (Phi) is 2.56. The molecule has 1 atom stereocenters. The second-order valence-corrected chi connectivity index (χ2v) is 3.78. The van der Waals surface area contributed by atoms with Crippen LogP contribution in [0.3, 0.4) is 0 Å². The third-order valence-electron chi connectivity index (χ3n) is 1.88. The second kappa shape index (κ2) is 3.68. The highest BCUT2D eigenvalue weighted by molar-refractivity contribution is 7.80. The number of thiol groups is 2. The molecule has 1 nitrogen and oxygen atoms in total. The normalized spacial score (nSPS) is 20.3. The molecule has 3 heteroatoms. The van der Waals surface area contributed by atoms with E-state index in [4.69, 9.17) is 4.74 Å². The summed E-state index contributed by atoms with van der Waals surface area (Å²) in [7, 11) is 0. The van der Waals surface area contributed by atoms with E-state index in [2.05, 4.69) is 31.9 Å². The smallest absolute Gasteiger partial charge is 0.207 e. The quantitative estimate of drug-likeness (QED) is 0.675. The predicted molar refractivity (Wildman–Crippen MR) is 57.2 cm³/mol. The standard InChI is InChI=1S/C10H8OS2/c12-8-1-2-10(13)9(5-8)7-3-4-11-6-7/h1-5,7,12-13H. The van der Waals surface area contributed by atoms with Crippen molar-refractivity contribution in [1.82, 2.24) is 0 Å². The molecule has 1 aliphatic heterocycles. The van der Waals surface area contributed by atoms with Crippen LogP contribution in [0.25, 0.3) is 0 Å². The van der Waals surface area contributed by atoms with Crippen LogP contribution in [0.5, 0.6) is 0 Å². The maximum Gasteiger partial charge on any atom is 0.207 e. The molecule has 1 aliphatic rings. The van der Waals surface area contributed by atoms with Crippen LogP contribution in [0.15, 0.2) is 40.3 Å². The van der Waals surface area contributed by atoms with Gasteiger partial charge in [0.2, 0.25) is 6.61 Å². The Hall–Kier alpha value is -0.540. The lowest BCUT2D eigenvalue weighted by Crippen LogP contribution is -1.94. The van der Waals surface area contributed by atoms with E-state index < -0.39 is 0 Å². The minimum atomic E-state index is 0.0830. The van der Waals surface area contributed by atoms with Crippen molar-refractivity contribution >= 4 is 25.3 Å². The topological polar surface area (TPSA) is 9.23 Å². The zero-order chi connectivity index (χ0) is 9.26. The molecule has 0 aliphatic carbocycles. The first kappa shape index (κ1) is 9.03. The van der Waals surface area contributed by atoms with Crippen molar-refractivity contribution in [2.75, 3.05) is 0 Å². The summed E-state index contributed by atoms with van der Waals surface area (Å²) >= 11 is 8.62. The number of hydrogen-bond acceptors (Lipinski definition) is 3. The molecule has 1 unspecified atom stereocenters. The lowest BCUT2D eigenvalue weighted by Gasteiger charge is -2.08. The maximum atomic E-state index is 4.92. The number of rotatable bonds is 1. The van der Waals surface area contributed by atoms with E-state index in [9.17, 15) is 0 Å². The SMILES string of the molecule is Sc1ccc(S)c(C2[C]OC=C2)c1. The molecule has 0 fully saturated rings. The molecule has 1 aromatic rings. The lowest BCUT2D eigenvalue weighted by atomic mass is 10.0. The summed E-state index contributed by atoms with van der Waals surface area (Å²) in [5, 5.41) is 0. The highest BCUT2D eigenvalue weighted by atomic mass is 32.1. The highest BCUT2D eigenvalue weighted by Crippen LogP contribution is 2.31. The summed E-state index contributed by atoms with van der Waals surface area (Å²) in [4.78, 5) is 1.86. The molecule has 2 rings (SSSR count). The molecule has 1 aromatic carbocycles. The summed E-state index contributed by atoms with van der Waals surface area (Å²) < 4.78 is 4.92. The van der Waals surface area contributed by atoms with Crippen molar-refractivity contribution < 1.29 is 4.74 Å². The predicted octanol–water partition coefficient (Wildman–Crippen LogP) is 2.93. The minimum Gasteiger partial charge on any atom is -0.485 e. The van der Waals surface area contributed by atoms with Gasteiger partial charge in [-0.2, -0.15) is 0 Å². The lowest BCUT2D eigenvalue weighted by molar-refractivity contribution is 0.345. The Bertz CT molecular complexity index is 347. The highest BCUT2D eigenvalue weighted by Gasteiger charge is 2.17. The molecular weight excluding hydrogens is 200 g/mol. The van der Waals surface area contributed by atoms with Crippen LogP contribution in [-0.2, 0) is 4.74 Å². The Labute approximate surface area is 88.6 Å². The fourth-order valence-electron chi connectivity index (χ4n) is 1.23. The first-order chi connectivity index (χ1) is 6.27. The van der Waals surface area contributed by atoms with E-state index in [-0.39, 0.29) is 5.92 Å². The zero-order valence-electron chi connectivity index (χ0n) is 6.77. The van der Waals surface area contributed by atoms with Gasteiger partial charge in [0.05, 0.1) is 12.2 Å². The Balaban J connectivity index is 2.37. The van der Waals surface area contributed by atoms with Crippen molar-refractivity contribution in [3.63, 3.8) is 0 Å². The van der Waals surface area contributed by atoms with Crippen LogP contribution in [0.1, 0.15) is 11.5 Å². The number of benzene rings is 1. The largest absolute Gasteiger partial charge is 0.485 e. The Morgan fingerprint density at radius 1 is 1.31 bits per heavy atom. The number of hydrogen-bond donors (Lipinski definition) is 2. The average molecular weight is 208 g/mol. The molecule has 0 N–H and O–H groups in total. The zero-order valence-corrected chi connectivity index (χ0v) is 8.56. The van der Waals surface area contributed by atoms with E-state index >= 15 is 0 Å². The van der Waals surface area contributed by atoms with E-state index in [0.29, 0.717) is 0 Å². The van der Waals surface area contributed by atoms with Crippen molar-refractivity contribution in [3.05, 3.63) is 42.7 Å². The van der Waals surface area contributed by atoms with Gasteiger partial charge in [-0.05, 0) is 29.8 Å². The van der Waals surface area contributed by atoms with Crippen LogP contribution in [0, 0.1) is 6.61 Å². The monoisotopic (exact) mass is 208 g/mol. The van der Waals surface area contributed by atoms with E-state index in [1.807, 2.05) is 24.3 Å². The minimum absolute atomic E-state index is 0.0830. The third kappa shape index (κ3) is 1.86. The summed E-state index contributed by atoms with van der Waals surface area (Å²) in [6.07, 6.45) is 3.56. The fraction of sp³-hybridized carbons (Fsp3) is 0.100. The fourth-order valence-corrected chi connectivity index (χ4v) is 1.72. The number of ether oxygens (including phenoxy) is 1. The van der Waals surface area contributed by atoms with Crippen molar-refractivity contribution in [3.8, 4) is 0 Å². The van der Waals surface area contributed by atoms with Crippen LogP contribution >= 0.6 is 25.3 Å². The summed E-state index contributed by atoms with van der Waals surface area (Å²) in [5.74, 6) is 0.0830. The Morgan fingerprint density at radius 2 is 2.15 bits per heavy atom. The second-order valence-electron chi connectivity index (χ2n) is 2.79. The van der Waals surface area contributed by atoms with E-state index in [0.717, 1.165) is 15.4 Å². The Morgan fingerprint density at radius 3 is 2.85 bits per heavy atom. The van der Waals surface area contributed by atoms with Gasteiger partial charge in [-0.3, -0.25) is 0 Å². The summed E-state index contributed by atoms with van der Waals surface area (Å²) in [6.45, 7) is 2.85. The van der Waals surface area contributed by atoms with Crippen molar-refractivity contribution in [2.45, 2.75) is 15.7 Å². The summed E-state index contributed by atoms with van der Waals surface area (Å²) in [6, 6.07) is 5.81. The molecule has 0 saturated carbocycles. The molecule has 0 amide bonds. The van der Waals surface area contributed by atoms with Gasteiger partial charge in [-0.25, -0.2) is 0 Å². The maximum absolute atomic E-state index is 4.92. The van der Waals surface area contributed by atoms with Crippen LogP contribution < -0.4 is 0 Å². The molecule has 0 aromatic heterocycles. The van der Waals surface area contributed by atoms with Crippen LogP contribution in [0.4, 0.5) is 0 Å². The van der Waals surface area contributed by atoms with E-state index in [1.54, 1.807) is 6.26 Å². The third-order valence-corrected chi connectivity index (χ3v) is 2.57. The van der Waals surface area contributed by atoms with Gasteiger partial charge < -0.3 is 4.74 Å². The molecular formula is C10H8OS2. The van der Waals surface area contributed by atoms with Crippen LogP contribution in [-0.4, -0.2) is 0 Å². The summed E-state index contributed by atoms with van der Waals surface area (Å²) in [5.41, 5.74) is 1.07.